The molecule has 2 N–H and O–H groups in total. The fraction of sp³-hybridized carbons (Fsp3) is 0.600. The number of amides is 1. The van der Waals surface area contributed by atoms with Crippen LogP contribution in [0.15, 0.2) is 30.3 Å². The maximum Gasteiger partial charge on any atom is 0.407 e. The van der Waals surface area contributed by atoms with Crippen LogP contribution < -0.4 is 5.32 Å². The van der Waals surface area contributed by atoms with Gasteiger partial charge >= 0.3 is 12.1 Å². The first-order valence-electron chi connectivity index (χ1n) is 9.42. The standard InChI is InChI=1S/C20H29NO6/c1-14(2)12-16(18(19(22)23)27-17-10-6-7-11-25-17)21-20(24)26-13-15-8-4-3-5-9-15/h3-5,8-9,14,16-18H,6-7,10-13H2,1-2H3,(H,21,24)(H,22,23)/t16-,17?,18?/m0/s1. The Kier molecular flexibility index (Phi) is 8.54. The van der Waals surface area contributed by atoms with Crippen LogP contribution in [0.5, 0.6) is 0 Å². The quantitative estimate of drug-likeness (QED) is 0.683. The lowest BCUT2D eigenvalue weighted by Gasteiger charge is -2.31. The molecule has 0 spiro atoms. The number of carboxylic acid groups (broad SMARTS) is 1. The van der Waals surface area contributed by atoms with E-state index in [1.54, 1.807) is 0 Å². The Bertz CT molecular complexity index is 585. The number of alkyl carbamates (subject to hydrolysis) is 1. The summed E-state index contributed by atoms with van der Waals surface area (Å²) in [4.78, 5) is 24.0. The molecule has 1 aliphatic rings. The van der Waals surface area contributed by atoms with Crippen molar-refractivity contribution in [3.63, 3.8) is 0 Å². The molecule has 0 radical (unpaired) electrons. The van der Waals surface area contributed by atoms with E-state index >= 15 is 0 Å². The highest BCUT2D eigenvalue weighted by Gasteiger charge is 2.34. The summed E-state index contributed by atoms with van der Waals surface area (Å²) in [5, 5.41) is 12.3. The van der Waals surface area contributed by atoms with E-state index < -0.39 is 30.5 Å². The first-order valence-corrected chi connectivity index (χ1v) is 9.42. The summed E-state index contributed by atoms with van der Waals surface area (Å²) in [5.74, 6) is -0.958. The average Bonchev–Trinajstić information content (AvgIpc) is 2.65. The highest BCUT2D eigenvalue weighted by molar-refractivity contribution is 5.75. The van der Waals surface area contributed by atoms with Crippen molar-refractivity contribution in [2.45, 2.75) is 64.6 Å². The van der Waals surface area contributed by atoms with E-state index in [0.29, 0.717) is 19.4 Å². The normalized spacial score (nSPS) is 19.3. The third-order valence-electron chi connectivity index (χ3n) is 4.29. The predicted molar refractivity (Wildman–Crippen MR) is 99.1 cm³/mol. The Balaban J connectivity index is 1.97. The second kappa shape index (κ2) is 10.9. The summed E-state index contributed by atoms with van der Waals surface area (Å²) in [6, 6.07) is 8.58. The number of carboxylic acids is 1. The zero-order valence-electron chi connectivity index (χ0n) is 15.9. The predicted octanol–water partition coefficient (Wildman–Crippen LogP) is 3.32. The largest absolute Gasteiger partial charge is 0.479 e. The second-order valence-corrected chi connectivity index (χ2v) is 7.13. The smallest absolute Gasteiger partial charge is 0.407 e. The number of aliphatic carboxylic acids is 1. The van der Waals surface area contributed by atoms with E-state index in [1.165, 1.54) is 0 Å². The minimum atomic E-state index is -1.19. The summed E-state index contributed by atoms with van der Waals surface area (Å²) in [6.07, 6.45) is 0.552. The molecule has 1 saturated heterocycles. The molecule has 2 unspecified atom stereocenters. The number of nitrogens with one attached hydrogen (secondary N) is 1. The Morgan fingerprint density at radius 3 is 2.59 bits per heavy atom. The molecular weight excluding hydrogens is 350 g/mol. The molecule has 1 aliphatic heterocycles. The fourth-order valence-corrected chi connectivity index (χ4v) is 2.99. The summed E-state index contributed by atoms with van der Waals surface area (Å²) in [7, 11) is 0. The van der Waals surface area contributed by atoms with E-state index in [4.69, 9.17) is 14.2 Å². The Labute approximate surface area is 160 Å². The zero-order chi connectivity index (χ0) is 19.6. The van der Waals surface area contributed by atoms with Crippen molar-refractivity contribution < 1.29 is 28.9 Å². The lowest BCUT2D eigenvalue weighted by atomic mass is 9.99. The van der Waals surface area contributed by atoms with Crippen molar-refractivity contribution in [1.29, 1.82) is 0 Å². The molecule has 0 aromatic heterocycles. The summed E-state index contributed by atoms with van der Waals surface area (Å²) < 4.78 is 16.4. The van der Waals surface area contributed by atoms with Gasteiger partial charge in [0.15, 0.2) is 12.4 Å². The molecule has 7 nitrogen and oxygen atoms in total. The van der Waals surface area contributed by atoms with Crippen LogP contribution >= 0.6 is 0 Å². The molecule has 150 valence electrons. The fourth-order valence-electron chi connectivity index (χ4n) is 2.99. The van der Waals surface area contributed by atoms with Gasteiger partial charge in [0.05, 0.1) is 6.04 Å². The number of rotatable bonds is 9. The monoisotopic (exact) mass is 379 g/mol. The van der Waals surface area contributed by atoms with Gasteiger partial charge in [-0.2, -0.15) is 0 Å². The zero-order valence-corrected chi connectivity index (χ0v) is 15.9. The SMILES string of the molecule is CC(C)C[C@H](NC(=O)OCc1ccccc1)C(OC1CCCCO1)C(=O)O. The minimum Gasteiger partial charge on any atom is -0.479 e. The molecule has 0 bridgehead atoms. The van der Waals surface area contributed by atoms with Crippen LogP contribution in [0.3, 0.4) is 0 Å². The molecule has 1 aromatic rings. The van der Waals surface area contributed by atoms with Gasteiger partial charge in [0.2, 0.25) is 0 Å². The van der Waals surface area contributed by atoms with E-state index in [1.807, 2.05) is 44.2 Å². The molecule has 2 rings (SSSR count). The molecule has 1 heterocycles. The van der Waals surface area contributed by atoms with Crippen molar-refractivity contribution in [3.8, 4) is 0 Å². The van der Waals surface area contributed by atoms with Gasteiger partial charge in [0.25, 0.3) is 0 Å². The molecule has 3 atom stereocenters. The van der Waals surface area contributed by atoms with Crippen molar-refractivity contribution >= 4 is 12.1 Å². The number of ether oxygens (including phenoxy) is 3. The van der Waals surface area contributed by atoms with E-state index in [9.17, 15) is 14.7 Å². The van der Waals surface area contributed by atoms with Gasteiger partial charge in [0, 0.05) is 6.61 Å². The molecule has 1 aromatic carbocycles. The summed E-state index contributed by atoms with van der Waals surface area (Å²) in [5.41, 5.74) is 0.856. The molecule has 27 heavy (non-hydrogen) atoms. The first kappa shape index (κ1) is 21.2. The van der Waals surface area contributed by atoms with Crippen LogP contribution in [0, 0.1) is 5.92 Å². The number of hydrogen-bond acceptors (Lipinski definition) is 5. The van der Waals surface area contributed by atoms with Crippen molar-refractivity contribution in [1.82, 2.24) is 5.32 Å². The van der Waals surface area contributed by atoms with Crippen LogP contribution in [0.25, 0.3) is 0 Å². The van der Waals surface area contributed by atoms with Crippen molar-refractivity contribution in [3.05, 3.63) is 35.9 Å². The Morgan fingerprint density at radius 1 is 1.26 bits per heavy atom. The van der Waals surface area contributed by atoms with Crippen LogP contribution in [0.2, 0.25) is 0 Å². The number of benzene rings is 1. The lowest BCUT2D eigenvalue weighted by Crippen LogP contribution is -2.50. The maximum absolute atomic E-state index is 12.2. The van der Waals surface area contributed by atoms with Gasteiger partial charge < -0.3 is 24.6 Å². The minimum absolute atomic E-state index is 0.116. The third-order valence-corrected chi connectivity index (χ3v) is 4.29. The van der Waals surface area contributed by atoms with Gasteiger partial charge in [-0.05, 0) is 37.2 Å². The van der Waals surface area contributed by atoms with Crippen molar-refractivity contribution in [2.75, 3.05) is 6.61 Å². The maximum atomic E-state index is 12.2. The molecule has 0 saturated carbocycles. The highest BCUT2D eigenvalue weighted by Crippen LogP contribution is 2.19. The molecule has 1 amide bonds. The highest BCUT2D eigenvalue weighted by atomic mass is 16.7. The second-order valence-electron chi connectivity index (χ2n) is 7.13. The number of carbonyl (C=O) groups is 2. The van der Waals surface area contributed by atoms with Gasteiger partial charge in [0.1, 0.15) is 6.61 Å². The van der Waals surface area contributed by atoms with Gasteiger partial charge in [-0.25, -0.2) is 9.59 Å². The van der Waals surface area contributed by atoms with Gasteiger partial charge in [-0.3, -0.25) is 0 Å². The average molecular weight is 379 g/mol. The van der Waals surface area contributed by atoms with Crippen LogP contribution in [0.1, 0.15) is 45.1 Å². The topological polar surface area (TPSA) is 94.1 Å². The van der Waals surface area contributed by atoms with Crippen LogP contribution in [-0.2, 0) is 25.6 Å². The van der Waals surface area contributed by atoms with E-state index in [-0.39, 0.29) is 12.5 Å². The Hall–Kier alpha value is -2.12. The van der Waals surface area contributed by atoms with E-state index in [0.717, 1.165) is 18.4 Å². The lowest BCUT2D eigenvalue weighted by molar-refractivity contribution is -0.205. The summed E-state index contributed by atoms with van der Waals surface area (Å²) >= 11 is 0. The number of hydrogen-bond donors (Lipinski definition) is 2. The Morgan fingerprint density at radius 2 is 2.00 bits per heavy atom. The third kappa shape index (κ3) is 7.56. The van der Waals surface area contributed by atoms with Crippen molar-refractivity contribution in [2.24, 2.45) is 5.92 Å². The van der Waals surface area contributed by atoms with Crippen LogP contribution in [-0.4, -0.2) is 42.2 Å². The number of carbonyl (C=O) groups excluding carboxylic acids is 1. The van der Waals surface area contributed by atoms with Gasteiger partial charge in [-0.1, -0.05) is 44.2 Å². The molecule has 1 fully saturated rings. The molecule has 0 aliphatic carbocycles. The summed E-state index contributed by atoms with van der Waals surface area (Å²) in [6.45, 7) is 4.59. The molecular formula is C20H29NO6. The van der Waals surface area contributed by atoms with Crippen LogP contribution in [0.4, 0.5) is 4.79 Å². The van der Waals surface area contributed by atoms with Gasteiger partial charge in [-0.15, -0.1) is 0 Å². The first-order chi connectivity index (χ1) is 13.0. The molecule has 7 heteroatoms. The van der Waals surface area contributed by atoms with E-state index in [2.05, 4.69) is 5.32 Å².